The highest BCUT2D eigenvalue weighted by Gasteiger charge is 2.12. The molecule has 1 unspecified atom stereocenters. The van der Waals surface area contributed by atoms with E-state index in [0.29, 0.717) is 19.6 Å². The fourth-order valence-electron chi connectivity index (χ4n) is 2.37. The van der Waals surface area contributed by atoms with E-state index in [1.165, 1.54) is 0 Å². The lowest BCUT2D eigenvalue weighted by molar-refractivity contribution is -0.116. The average molecular weight is 365 g/mol. The van der Waals surface area contributed by atoms with Crippen LogP contribution in [0, 0.1) is 0 Å². The number of carbonyl (C=O) groups is 1. The Morgan fingerprint density at radius 3 is 2.52 bits per heavy atom. The van der Waals surface area contributed by atoms with E-state index in [-0.39, 0.29) is 24.2 Å². The summed E-state index contributed by atoms with van der Waals surface area (Å²) in [6.07, 6.45) is 0.401. The van der Waals surface area contributed by atoms with E-state index < -0.39 is 0 Å². The van der Waals surface area contributed by atoms with Crippen LogP contribution in [0.2, 0.25) is 0 Å². The molecular formula is C19H25ClN2O3. The Labute approximate surface area is 154 Å². The number of rotatable bonds is 8. The standard InChI is InChI=1S/C19H24N2O3.ClH/c1-14(15-4-3-5-18(13-15)23-2)12-19(22)21-16-6-8-17(9-7-16)24-11-10-20;/h3-9,13-14H,10-12,20H2,1-2H3,(H,21,22);1H. The van der Waals surface area contributed by atoms with E-state index in [0.717, 1.165) is 22.7 Å². The molecule has 136 valence electrons. The Balaban J connectivity index is 0.00000312. The maximum atomic E-state index is 12.2. The average Bonchev–Trinajstić information content (AvgIpc) is 2.61. The molecule has 2 aromatic carbocycles. The molecule has 1 atom stereocenters. The fourth-order valence-corrected chi connectivity index (χ4v) is 2.37. The first kappa shape index (κ1) is 20.8. The van der Waals surface area contributed by atoms with Crippen LogP contribution in [0.3, 0.4) is 0 Å². The first-order valence-corrected chi connectivity index (χ1v) is 7.99. The predicted molar refractivity (Wildman–Crippen MR) is 103 cm³/mol. The van der Waals surface area contributed by atoms with Crippen molar-refractivity contribution in [3.8, 4) is 11.5 Å². The molecule has 0 aromatic heterocycles. The number of anilines is 1. The van der Waals surface area contributed by atoms with Crippen LogP contribution in [0.15, 0.2) is 48.5 Å². The van der Waals surface area contributed by atoms with Crippen molar-refractivity contribution in [1.29, 1.82) is 0 Å². The summed E-state index contributed by atoms with van der Waals surface area (Å²) in [5, 5.41) is 2.90. The van der Waals surface area contributed by atoms with Gasteiger partial charge < -0.3 is 20.5 Å². The van der Waals surface area contributed by atoms with Crippen LogP contribution in [0.4, 0.5) is 5.69 Å². The minimum absolute atomic E-state index is 0. The van der Waals surface area contributed by atoms with E-state index in [1.807, 2.05) is 55.5 Å². The van der Waals surface area contributed by atoms with E-state index in [2.05, 4.69) is 5.32 Å². The Kier molecular flexibility index (Phi) is 8.81. The normalized spacial score (nSPS) is 11.2. The van der Waals surface area contributed by atoms with Crippen LogP contribution in [0.25, 0.3) is 0 Å². The lowest BCUT2D eigenvalue weighted by Gasteiger charge is -2.13. The number of hydrogen-bond acceptors (Lipinski definition) is 4. The molecule has 0 spiro atoms. The lowest BCUT2D eigenvalue weighted by atomic mass is 9.97. The van der Waals surface area contributed by atoms with Gasteiger partial charge in [-0.15, -0.1) is 12.4 Å². The first-order chi connectivity index (χ1) is 11.6. The minimum Gasteiger partial charge on any atom is -0.497 e. The molecule has 0 saturated heterocycles. The molecule has 2 rings (SSSR count). The van der Waals surface area contributed by atoms with Gasteiger partial charge in [-0.2, -0.15) is 0 Å². The highest BCUT2D eigenvalue weighted by Crippen LogP contribution is 2.24. The van der Waals surface area contributed by atoms with Gasteiger partial charge in [0.15, 0.2) is 0 Å². The Morgan fingerprint density at radius 1 is 1.16 bits per heavy atom. The van der Waals surface area contributed by atoms with Gasteiger partial charge in [0.1, 0.15) is 18.1 Å². The zero-order valence-electron chi connectivity index (χ0n) is 14.5. The molecule has 6 heteroatoms. The summed E-state index contributed by atoms with van der Waals surface area (Å²) in [4.78, 5) is 12.2. The van der Waals surface area contributed by atoms with Crippen LogP contribution < -0.4 is 20.5 Å². The van der Waals surface area contributed by atoms with Crippen LogP contribution in [0.1, 0.15) is 24.8 Å². The second kappa shape index (κ2) is 10.6. The number of methoxy groups -OCH3 is 1. The molecule has 0 radical (unpaired) electrons. The summed E-state index contributed by atoms with van der Waals surface area (Å²) in [5.74, 6) is 1.62. The molecule has 2 aromatic rings. The zero-order valence-corrected chi connectivity index (χ0v) is 15.3. The summed E-state index contributed by atoms with van der Waals surface area (Å²) in [6.45, 7) is 2.97. The molecular weight excluding hydrogens is 340 g/mol. The van der Waals surface area contributed by atoms with Crippen molar-refractivity contribution in [3.05, 3.63) is 54.1 Å². The topological polar surface area (TPSA) is 73.6 Å². The smallest absolute Gasteiger partial charge is 0.224 e. The van der Waals surface area contributed by atoms with Crippen molar-refractivity contribution in [1.82, 2.24) is 0 Å². The van der Waals surface area contributed by atoms with Crippen LogP contribution in [0.5, 0.6) is 11.5 Å². The number of benzene rings is 2. The van der Waals surface area contributed by atoms with Crippen molar-refractivity contribution < 1.29 is 14.3 Å². The van der Waals surface area contributed by atoms with Crippen LogP contribution >= 0.6 is 12.4 Å². The van der Waals surface area contributed by atoms with Crippen molar-refractivity contribution >= 4 is 24.0 Å². The Bertz CT molecular complexity index is 662. The molecule has 0 aliphatic rings. The number of ether oxygens (including phenoxy) is 2. The maximum absolute atomic E-state index is 12.2. The van der Waals surface area contributed by atoms with E-state index >= 15 is 0 Å². The first-order valence-electron chi connectivity index (χ1n) is 7.99. The van der Waals surface area contributed by atoms with Gasteiger partial charge in [-0.3, -0.25) is 4.79 Å². The van der Waals surface area contributed by atoms with Crippen molar-refractivity contribution in [2.24, 2.45) is 5.73 Å². The van der Waals surface area contributed by atoms with E-state index in [4.69, 9.17) is 15.2 Å². The highest BCUT2D eigenvalue weighted by atomic mass is 35.5. The zero-order chi connectivity index (χ0) is 17.4. The second-order valence-electron chi connectivity index (χ2n) is 5.59. The summed E-state index contributed by atoms with van der Waals surface area (Å²) in [6, 6.07) is 15.1. The van der Waals surface area contributed by atoms with Gasteiger partial charge in [0.2, 0.25) is 5.91 Å². The van der Waals surface area contributed by atoms with E-state index in [9.17, 15) is 4.79 Å². The summed E-state index contributed by atoms with van der Waals surface area (Å²) >= 11 is 0. The van der Waals surface area contributed by atoms with Gasteiger partial charge in [-0.05, 0) is 47.9 Å². The predicted octanol–water partition coefficient (Wildman–Crippen LogP) is 3.59. The summed E-state index contributed by atoms with van der Waals surface area (Å²) in [5.41, 5.74) is 7.22. The molecule has 0 heterocycles. The monoisotopic (exact) mass is 364 g/mol. The molecule has 0 fully saturated rings. The van der Waals surface area contributed by atoms with E-state index in [1.54, 1.807) is 7.11 Å². The van der Waals surface area contributed by atoms with Gasteiger partial charge in [-0.25, -0.2) is 0 Å². The number of halogens is 1. The van der Waals surface area contributed by atoms with Gasteiger partial charge in [-0.1, -0.05) is 19.1 Å². The Morgan fingerprint density at radius 2 is 1.88 bits per heavy atom. The van der Waals surface area contributed by atoms with Gasteiger partial charge in [0, 0.05) is 18.7 Å². The van der Waals surface area contributed by atoms with Crippen molar-refractivity contribution in [2.45, 2.75) is 19.3 Å². The molecule has 1 amide bonds. The van der Waals surface area contributed by atoms with Crippen LogP contribution in [-0.2, 0) is 4.79 Å². The number of carbonyl (C=O) groups excluding carboxylic acids is 1. The Hall–Kier alpha value is -2.24. The largest absolute Gasteiger partial charge is 0.497 e. The molecule has 0 bridgehead atoms. The minimum atomic E-state index is -0.0269. The van der Waals surface area contributed by atoms with Crippen molar-refractivity contribution in [2.75, 3.05) is 25.6 Å². The molecule has 0 aliphatic carbocycles. The third-order valence-electron chi connectivity index (χ3n) is 3.68. The molecule has 25 heavy (non-hydrogen) atoms. The lowest BCUT2D eigenvalue weighted by Crippen LogP contribution is -2.14. The summed E-state index contributed by atoms with van der Waals surface area (Å²) < 4.78 is 10.6. The number of nitrogens with one attached hydrogen (secondary N) is 1. The number of amides is 1. The summed E-state index contributed by atoms with van der Waals surface area (Å²) in [7, 11) is 1.64. The fraction of sp³-hybridized carbons (Fsp3) is 0.316. The molecule has 0 aliphatic heterocycles. The SMILES string of the molecule is COc1cccc(C(C)CC(=O)Nc2ccc(OCCN)cc2)c1.Cl. The number of nitrogens with two attached hydrogens (primary N) is 1. The van der Waals surface area contributed by atoms with Gasteiger partial charge >= 0.3 is 0 Å². The van der Waals surface area contributed by atoms with Gasteiger partial charge in [0.25, 0.3) is 0 Å². The van der Waals surface area contributed by atoms with Gasteiger partial charge in [0.05, 0.1) is 7.11 Å². The molecule has 5 nitrogen and oxygen atoms in total. The van der Waals surface area contributed by atoms with Crippen LogP contribution in [-0.4, -0.2) is 26.2 Å². The molecule has 3 N–H and O–H groups in total. The number of hydrogen-bond donors (Lipinski definition) is 2. The van der Waals surface area contributed by atoms with Crippen molar-refractivity contribution in [3.63, 3.8) is 0 Å². The highest BCUT2D eigenvalue weighted by molar-refractivity contribution is 5.91. The quantitative estimate of drug-likeness (QED) is 0.750. The maximum Gasteiger partial charge on any atom is 0.224 e. The third kappa shape index (κ3) is 6.64. The second-order valence-corrected chi connectivity index (χ2v) is 5.59. The molecule has 0 saturated carbocycles. The third-order valence-corrected chi connectivity index (χ3v) is 3.68.